The predicted molar refractivity (Wildman–Crippen MR) is 76.1 cm³/mol. The summed E-state index contributed by atoms with van der Waals surface area (Å²) >= 11 is 5.98. The Morgan fingerprint density at radius 1 is 1.45 bits per heavy atom. The van der Waals surface area contributed by atoms with Gasteiger partial charge in [0.05, 0.1) is 5.02 Å². The molecule has 0 aliphatic heterocycles. The van der Waals surface area contributed by atoms with Crippen LogP contribution < -0.4 is 4.72 Å². The van der Waals surface area contributed by atoms with Crippen molar-refractivity contribution in [2.75, 3.05) is 0 Å². The summed E-state index contributed by atoms with van der Waals surface area (Å²) in [7, 11) is -3.66. The van der Waals surface area contributed by atoms with Crippen LogP contribution in [0.4, 0.5) is 0 Å². The third-order valence-electron chi connectivity index (χ3n) is 3.04. The highest BCUT2D eigenvalue weighted by Gasteiger charge is 2.41. The fraction of sp³-hybridized carbons (Fsp3) is 0.308. The number of aliphatic carboxylic acids is 1. The van der Waals surface area contributed by atoms with Crippen LogP contribution in [0.3, 0.4) is 0 Å². The van der Waals surface area contributed by atoms with Crippen molar-refractivity contribution in [1.82, 2.24) is 4.72 Å². The molecule has 0 saturated heterocycles. The van der Waals surface area contributed by atoms with Crippen LogP contribution in [0, 0.1) is 0 Å². The van der Waals surface area contributed by atoms with Gasteiger partial charge in [-0.3, -0.25) is 0 Å². The van der Waals surface area contributed by atoms with Crippen molar-refractivity contribution in [3.8, 4) is 0 Å². The van der Waals surface area contributed by atoms with Crippen molar-refractivity contribution in [3.05, 3.63) is 34.9 Å². The highest BCUT2D eigenvalue weighted by molar-refractivity contribution is 7.89. The van der Waals surface area contributed by atoms with Crippen LogP contribution in [0.25, 0.3) is 6.08 Å². The molecule has 0 atom stereocenters. The number of carbonyl (C=O) groups is 1. The molecule has 1 aromatic carbocycles. The molecule has 1 aliphatic carbocycles. The Hall–Kier alpha value is -1.37. The lowest BCUT2D eigenvalue weighted by molar-refractivity contribution is -0.131. The van der Waals surface area contributed by atoms with E-state index in [1.165, 1.54) is 24.3 Å². The lowest BCUT2D eigenvalue weighted by Crippen LogP contribution is -2.34. The molecule has 0 aromatic heterocycles. The van der Waals surface area contributed by atoms with E-state index in [2.05, 4.69) is 4.72 Å². The number of carboxylic acids is 1. The van der Waals surface area contributed by atoms with Crippen LogP contribution in [0.2, 0.25) is 5.02 Å². The van der Waals surface area contributed by atoms with Crippen LogP contribution in [0.1, 0.15) is 25.3 Å². The van der Waals surface area contributed by atoms with Gasteiger partial charge in [-0.05, 0) is 43.5 Å². The van der Waals surface area contributed by atoms with E-state index in [0.29, 0.717) is 5.56 Å². The largest absolute Gasteiger partial charge is 0.478 e. The summed E-state index contributed by atoms with van der Waals surface area (Å²) in [4.78, 5) is 10.4. The minimum absolute atomic E-state index is 0.000216. The van der Waals surface area contributed by atoms with E-state index in [1.807, 2.05) is 6.92 Å². The van der Waals surface area contributed by atoms with Crippen molar-refractivity contribution in [2.45, 2.75) is 30.2 Å². The Morgan fingerprint density at radius 2 is 2.10 bits per heavy atom. The molecule has 0 unspecified atom stereocenters. The van der Waals surface area contributed by atoms with Gasteiger partial charge in [-0.1, -0.05) is 17.7 Å². The first kappa shape index (κ1) is 15.0. The van der Waals surface area contributed by atoms with Gasteiger partial charge in [0.2, 0.25) is 10.0 Å². The average Bonchev–Trinajstić information content (AvgIpc) is 3.02. The summed E-state index contributed by atoms with van der Waals surface area (Å²) in [5.41, 5.74) is 0.151. The van der Waals surface area contributed by atoms with Gasteiger partial charge < -0.3 is 5.11 Å². The Balaban J connectivity index is 2.27. The second-order valence-electron chi connectivity index (χ2n) is 5.03. The number of hydrogen-bond donors (Lipinski definition) is 2. The topological polar surface area (TPSA) is 83.5 Å². The van der Waals surface area contributed by atoms with Crippen molar-refractivity contribution in [1.29, 1.82) is 0 Å². The monoisotopic (exact) mass is 315 g/mol. The van der Waals surface area contributed by atoms with Crippen LogP contribution in [0.15, 0.2) is 29.2 Å². The number of carboxylic acid groups (broad SMARTS) is 1. The number of halogens is 1. The maximum atomic E-state index is 12.2. The average molecular weight is 316 g/mol. The number of hydrogen-bond acceptors (Lipinski definition) is 3. The van der Waals surface area contributed by atoms with Gasteiger partial charge in [0.1, 0.15) is 4.90 Å². The zero-order valence-corrected chi connectivity index (χ0v) is 12.3. The molecule has 108 valence electrons. The van der Waals surface area contributed by atoms with Gasteiger partial charge in [0, 0.05) is 11.6 Å². The minimum atomic E-state index is -3.66. The first-order valence-electron chi connectivity index (χ1n) is 5.96. The Labute approximate surface area is 122 Å². The van der Waals surface area contributed by atoms with Crippen LogP contribution >= 0.6 is 11.6 Å². The maximum absolute atomic E-state index is 12.2. The van der Waals surface area contributed by atoms with Gasteiger partial charge >= 0.3 is 5.97 Å². The SMILES string of the molecule is CC1(NS(=O)(=O)c2ccc(/C=C/C(=O)O)cc2Cl)CC1. The van der Waals surface area contributed by atoms with E-state index >= 15 is 0 Å². The number of rotatable bonds is 5. The Morgan fingerprint density at radius 3 is 2.60 bits per heavy atom. The number of benzene rings is 1. The highest BCUT2D eigenvalue weighted by atomic mass is 35.5. The third-order valence-corrected chi connectivity index (χ3v) is 5.17. The van der Waals surface area contributed by atoms with E-state index in [9.17, 15) is 13.2 Å². The molecular weight excluding hydrogens is 302 g/mol. The molecule has 2 N–H and O–H groups in total. The van der Waals surface area contributed by atoms with Crippen molar-refractivity contribution >= 4 is 33.7 Å². The second kappa shape index (κ2) is 5.20. The Bertz CT molecular complexity index is 678. The summed E-state index contributed by atoms with van der Waals surface area (Å²) < 4.78 is 27.0. The van der Waals surface area contributed by atoms with Crippen molar-refractivity contribution in [3.63, 3.8) is 0 Å². The van der Waals surface area contributed by atoms with E-state index < -0.39 is 16.0 Å². The van der Waals surface area contributed by atoms with E-state index in [0.717, 1.165) is 18.9 Å². The quantitative estimate of drug-likeness (QED) is 0.816. The molecule has 0 bridgehead atoms. The summed E-state index contributed by atoms with van der Waals surface area (Å²) in [5.74, 6) is -1.08. The van der Waals surface area contributed by atoms with Gasteiger partial charge in [-0.25, -0.2) is 17.9 Å². The fourth-order valence-corrected chi connectivity index (χ4v) is 3.69. The molecule has 2 rings (SSSR count). The molecule has 0 spiro atoms. The zero-order valence-electron chi connectivity index (χ0n) is 10.8. The molecule has 0 radical (unpaired) electrons. The molecule has 0 amide bonds. The van der Waals surface area contributed by atoms with Crippen molar-refractivity contribution < 1.29 is 18.3 Å². The minimum Gasteiger partial charge on any atom is -0.478 e. The number of nitrogens with one attached hydrogen (secondary N) is 1. The van der Waals surface area contributed by atoms with Crippen LogP contribution in [-0.2, 0) is 14.8 Å². The predicted octanol–water partition coefficient (Wildman–Crippen LogP) is 2.27. The fourth-order valence-electron chi connectivity index (χ4n) is 1.68. The van der Waals surface area contributed by atoms with Crippen LogP contribution in [0.5, 0.6) is 0 Å². The molecule has 5 nitrogen and oxygen atoms in total. The number of sulfonamides is 1. The summed E-state index contributed by atoms with van der Waals surface area (Å²) in [6.45, 7) is 1.84. The molecule has 1 aromatic rings. The van der Waals surface area contributed by atoms with Gasteiger partial charge in [-0.2, -0.15) is 0 Å². The van der Waals surface area contributed by atoms with Crippen LogP contribution in [-0.4, -0.2) is 25.0 Å². The smallest absolute Gasteiger partial charge is 0.328 e. The van der Waals surface area contributed by atoms with Gasteiger partial charge in [0.15, 0.2) is 0 Å². The molecule has 0 heterocycles. The van der Waals surface area contributed by atoms with Gasteiger partial charge in [0.25, 0.3) is 0 Å². The maximum Gasteiger partial charge on any atom is 0.328 e. The molecule has 20 heavy (non-hydrogen) atoms. The summed E-state index contributed by atoms with van der Waals surface area (Å²) in [5, 5.41) is 8.60. The third kappa shape index (κ3) is 3.59. The molecule has 1 aliphatic rings. The lowest BCUT2D eigenvalue weighted by atomic mass is 10.2. The standard InChI is InChI=1S/C13H14ClNO4S/c1-13(6-7-13)15-20(18,19)11-4-2-9(8-10(11)14)3-5-12(16)17/h2-5,8,15H,6-7H2,1H3,(H,16,17)/b5-3+. The second-order valence-corrected chi connectivity index (χ2v) is 7.09. The molecule has 1 fully saturated rings. The first-order valence-corrected chi connectivity index (χ1v) is 7.83. The Kier molecular flexibility index (Phi) is 3.90. The first-order chi connectivity index (χ1) is 9.22. The zero-order chi connectivity index (χ0) is 15.0. The normalized spacial score (nSPS) is 17.3. The molecule has 7 heteroatoms. The molecule has 1 saturated carbocycles. The summed E-state index contributed by atoms with van der Waals surface area (Å²) in [6, 6.07) is 4.30. The van der Waals surface area contributed by atoms with E-state index in [4.69, 9.17) is 16.7 Å². The van der Waals surface area contributed by atoms with Gasteiger partial charge in [-0.15, -0.1) is 0 Å². The van der Waals surface area contributed by atoms with Crippen molar-refractivity contribution in [2.24, 2.45) is 0 Å². The van der Waals surface area contributed by atoms with E-state index in [-0.39, 0.29) is 15.5 Å². The summed E-state index contributed by atoms with van der Waals surface area (Å²) in [6.07, 6.45) is 3.93. The molecular formula is C13H14ClNO4S. The van der Waals surface area contributed by atoms with E-state index in [1.54, 1.807) is 0 Å². The lowest BCUT2D eigenvalue weighted by Gasteiger charge is -2.13. The highest BCUT2D eigenvalue weighted by Crippen LogP contribution is 2.36.